The lowest BCUT2D eigenvalue weighted by Gasteiger charge is -2.23. The first-order valence-corrected chi connectivity index (χ1v) is 7.88. The van der Waals surface area contributed by atoms with Gasteiger partial charge in [-0.3, -0.25) is 4.79 Å². The molecule has 122 valence electrons. The van der Waals surface area contributed by atoms with E-state index in [4.69, 9.17) is 11.6 Å². The summed E-state index contributed by atoms with van der Waals surface area (Å²) in [6.07, 6.45) is 1.80. The molecule has 2 atom stereocenters. The summed E-state index contributed by atoms with van der Waals surface area (Å²) in [4.78, 5) is 22.4. The number of rotatable bonds is 3. The van der Waals surface area contributed by atoms with Gasteiger partial charge in [0.2, 0.25) is 5.91 Å². The maximum atomic E-state index is 13.9. The van der Waals surface area contributed by atoms with E-state index < -0.39 is 11.7 Å². The van der Waals surface area contributed by atoms with Crippen molar-refractivity contribution in [3.63, 3.8) is 0 Å². The Labute approximate surface area is 138 Å². The van der Waals surface area contributed by atoms with Crippen LogP contribution in [0.15, 0.2) is 24.5 Å². The summed E-state index contributed by atoms with van der Waals surface area (Å²) < 4.78 is 13.9. The van der Waals surface area contributed by atoms with Gasteiger partial charge in [-0.1, -0.05) is 11.6 Å². The van der Waals surface area contributed by atoms with E-state index in [1.807, 2.05) is 6.07 Å². The Bertz CT molecular complexity index is 752. The molecule has 1 aromatic heterocycles. The van der Waals surface area contributed by atoms with Gasteiger partial charge in [0.1, 0.15) is 23.9 Å². The van der Waals surface area contributed by atoms with Crippen molar-refractivity contribution in [2.24, 2.45) is 0 Å². The Hall–Kier alpha value is -1.95. The van der Waals surface area contributed by atoms with Gasteiger partial charge in [0.25, 0.3) is 0 Å². The van der Waals surface area contributed by atoms with E-state index in [9.17, 15) is 9.18 Å². The Kier molecular flexibility index (Phi) is 4.10. The highest BCUT2D eigenvalue weighted by Gasteiger charge is 2.37. The number of benzene rings is 1. The van der Waals surface area contributed by atoms with Crippen molar-refractivity contribution in [2.75, 3.05) is 18.4 Å². The number of hydrogen-bond donors (Lipinski definition) is 1. The predicted octanol–water partition coefficient (Wildman–Crippen LogP) is 3.04. The highest BCUT2D eigenvalue weighted by molar-refractivity contribution is 6.31. The van der Waals surface area contributed by atoms with Crippen molar-refractivity contribution in [2.45, 2.75) is 32.0 Å². The molecule has 0 bridgehead atoms. The molecule has 23 heavy (non-hydrogen) atoms. The van der Waals surface area contributed by atoms with Gasteiger partial charge in [-0.05, 0) is 32.0 Å². The van der Waals surface area contributed by atoms with Crippen LogP contribution in [0.1, 0.15) is 20.3 Å². The molecule has 0 radical (unpaired) electrons. The Morgan fingerprint density at radius 2 is 2.26 bits per heavy atom. The number of alkyl halides is 1. The maximum Gasteiger partial charge on any atom is 0.244 e. The Morgan fingerprint density at radius 1 is 1.48 bits per heavy atom. The first-order valence-electron chi connectivity index (χ1n) is 7.50. The second-order valence-electron chi connectivity index (χ2n) is 6.17. The standard InChI is InChI=1S/C16H18ClFN4O/c1-10(15(23)22-6-5-16(2,18)8-22)21-14-12-4-3-11(17)7-13(12)19-9-20-14/h3-4,7,9-10H,5-6,8H2,1-2H3,(H,19,20,21)/t10-,16+/m1/s1. The number of carbonyl (C=O) groups is 1. The van der Waals surface area contributed by atoms with Crippen LogP contribution in [-0.2, 0) is 4.79 Å². The van der Waals surface area contributed by atoms with Crippen LogP contribution in [0, 0.1) is 0 Å². The van der Waals surface area contributed by atoms with Crippen LogP contribution < -0.4 is 5.32 Å². The van der Waals surface area contributed by atoms with E-state index in [2.05, 4.69) is 15.3 Å². The molecule has 1 aromatic carbocycles. The molecule has 2 aromatic rings. The van der Waals surface area contributed by atoms with Crippen molar-refractivity contribution >= 4 is 34.2 Å². The van der Waals surface area contributed by atoms with Crippen LogP contribution in [0.2, 0.25) is 5.02 Å². The minimum Gasteiger partial charge on any atom is -0.358 e. The van der Waals surface area contributed by atoms with Crippen molar-refractivity contribution in [1.82, 2.24) is 14.9 Å². The first-order chi connectivity index (χ1) is 10.9. The zero-order chi connectivity index (χ0) is 16.6. The number of carbonyl (C=O) groups excluding carboxylic acids is 1. The summed E-state index contributed by atoms with van der Waals surface area (Å²) in [6.45, 7) is 3.86. The van der Waals surface area contributed by atoms with Crippen molar-refractivity contribution in [3.05, 3.63) is 29.5 Å². The lowest BCUT2D eigenvalue weighted by atomic mass is 10.1. The molecule has 1 saturated heterocycles. The molecule has 0 aliphatic carbocycles. The molecule has 0 saturated carbocycles. The molecule has 1 fully saturated rings. The molecule has 1 aliphatic rings. The minimum absolute atomic E-state index is 0.132. The van der Waals surface area contributed by atoms with Gasteiger partial charge in [0.05, 0.1) is 12.1 Å². The van der Waals surface area contributed by atoms with Gasteiger partial charge < -0.3 is 10.2 Å². The SMILES string of the molecule is C[C@@H](Nc1ncnc2cc(Cl)ccc12)C(=O)N1CC[C@](C)(F)C1. The monoisotopic (exact) mass is 336 g/mol. The van der Waals surface area contributed by atoms with Crippen molar-refractivity contribution in [1.29, 1.82) is 0 Å². The Morgan fingerprint density at radius 3 is 2.96 bits per heavy atom. The average Bonchev–Trinajstić information content (AvgIpc) is 2.86. The van der Waals surface area contributed by atoms with Crippen molar-refractivity contribution in [3.8, 4) is 0 Å². The third-order valence-electron chi connectivity index (χ3n) is 4.06. The van der Waals surface area contributed by atoms with E-state index in [0.29, 0.717) is 29.3 Å². The highest BCUT2D eigenvalue weighted by atomic mass is 35.5. The normalized spacial score (nSPS) is 22.3. The molecule has 3 rings (SSSR count). The summed E-state index contributed by atoms with van der Waals surface area (Å²) in [5.74, 6) is 0.432. The third-order valence-corrected chi connectivity index (χ3v) is 4.29. The molecule has 2 heterocycles. The maximum absolute atomic E-state index is 13.9. The van der Waals surface area contributed by atoms with E-state index in [-0.39, 0.29) is 12.5 Å². The highest BCUT2D eigenvalue weighted by Crippen LogP contribution is 2.26. The first kappa shape index (κ1) is 15.9. The fraction of sp³-hybridized carbons (Fsp3) is 0.438. The molecule has 1 amide bonds. The van der Waals surface area contributed by atoms with Crippen LogP contribution in [0.4, 0.5) is 10.2 Å². The zero-order valence-electron chi connectivity index (χ0n) is 13.0. The molecule has 1 N–H and O–H groups in total. The molecular formula is C16H18ClFN4O. The largest absolute Gasteiger partial charge is 0.358 e. The van der Waals surface area contributed by atoms with Gasteiger partial charge in [0, 0.05) is 23.4 Å². The number of anilines is 1. The summed E-state index contributed by atoms with van der Waals surface area (Å²) in [7, 11) is 0. The second-order valence-corrected chi connectivity index (χ2v) is 6.61. The molecule has 0 spiro atoms. The second kappa shape index (κ2) is 5.92. The third kappa shape index (κ3) is 3.37. The lowest BCUT2D eigenvalue weighted by Crippen LogP contribution is -2.41. The van der Waals surface area contributed by atoms with Crippen LogP contribution in [0.25, 0.3) is 10.9 Å². The number of likely N-dealkylation sites (tertiary alicyclic amines) is 1. The smallest absolute Gasteiger partial charge is 0.244 e. The topological polar surface area (TPSA) is 58.1 Å². The number of hydrogen-bond acceptors (Lipinski definition) is 4. The number of halogens is 2. The number of amides is 1. The molecular weight excluding hydrogens is 319 g/mol. The van der Waals surface area contributed by atoms with E-state index in [0.717, 1.165) is 5.39 Å². The average molecular weight is 337 g/mol. The number of nitrogens with zero attached hydrogens (tertiary/aromatic N) is 3. The van der Waals surface area contributed by atoms with Crippen LogP contribution in [0.5, 0.6) is 0 Å². The van der Waals surface area contributed by atoms with Gasteiger partial charge >= 0.3 is 0 Å². The number of fused-ring (bicyclic) bond motifs is 1. The number of aromatic nitrogens is 2. The van der Waals surface area contributed by atoms with Gasteiger partial charge in [-0.25, -0.2) is 14.4 Å². The van der Waals surface area contributed by atoms with Crippen LogP contribution >= 0.6 is 11.6 Å². The molecule has 1 aliphatic heterocycles. The van der Waals surface area contributed by atoms with Crippen LogP contribution in [0.3, 0.4) is 0 Å². The lowest BCUT2D eigenvalue weighted by molar-refractivity contribution is -0.131. The summed E-state index contributed by atoms with van der Waals surface area (Å²) in [6, 6.07) is 4.80. The molecule has 7 heteroatoms. The fourth-order valence-electron chi connectivity index (χ4n) is 2.80. The number of nitrogens with one attached hydrogen (secondary N) is 1. The zero-order valence-corrected chi connectivity index (χ0v) is 13.8. The molecule has 5 nitrogen and oxygen atoms in total. The van der Waals surface area contributed by atoms with E-state index in [1.165, 1.54) is 13.3 Å². The summed E-state index contributed by atoms with van der Waals surface area (Å²) >= 11 is 5.96. The Balaban J connectivity index is 1.78. The van der Waals surface area contributed by atoms with Gasteiger partial charge in [-0.15, -0.1) is 0 Å². The minimum atomic E-state index is -1.30. The summed E-state index contributed by atoms with van der Waals surface area (Å²) in [5, 5.41) is 4.47. The van der Waals surface area contributed by atoms with E-state index in [1.54, 1.807) is 24.0 Å². The van der Waals surface area contributed by atoms with Gasteiger partial charge in [0.15, 0.2) is 0 Å². The van der Waals surface area contributed by atoms with Crippen molar-refractivity contribution < 1.29 is 9.18 Å². The van der Waals surface area contributed by atoms with Gasteiger partial charge in [-0.2, -0.15) is 0 Å². The summed E-state index contributed by atoms with van der Waals surface area (Å²) in [5.41, 5.74) is -0.597. The fourth-order valence-corrected chi connectivity index (χ4v) is 2.96. The molecule has 0 unspecified atom stereocenters. The predicted molar refractivity (Wildman–Crippen MR) is 88.3 cm³/mol. The van der Waals surface area contributed by atoms with E-state index >= 15 is 0 Å². The quantitative estimate of drug-likeness (QED) is 0.936. The van der Waals surface area contributed by atoms with Crippen LogP contribution in [-0.4, -0.2) is 45.6 Å².